The van der Waals surface area contributed by atoms with E-state index in [2.05, 4.69) is 9.82 Å². The molecule has 0 aliphatic carbocycles. The Morgan fingerprint density at radius 1 is 1.39 bits per heavy atom. The van der Waals surface area contributed by atoms with E-state index in [4.69, 9.17) is 4.74 Å². The molecule has 0 radical (unpaired) electrons. The number of sulfonamides is 1. The number of ketones is 1. The highest BCUT2D eigenvalue weighted by atomic mass is 32.2. The van der Waals surface area contributed by atoms with Gasteiger partial charge < -0.3 is 4.74 Å². The predicted octanol–water partition coefficient (Wildman–Crippen LogP) is 1.67. The van der Waals surface area contributed by atoms with E-state index in [9.17, 15) is 23.3 Å². The van der Waals surface area contributed by atoms with Crippen LogP contribution in [0.2, 0.25) is 0 Å². The Morgan fingerprint density at radius 2 is 2.11 bits per heavy atom. The summed E-state index contributed by atoms with van der Waals surface area (Å²) in [6.07, 6.45) is 0. The average molecular weight is 423 g/mol. The maximum absolute atomic E-state index is 12.2. The number of carbonyl (C=O) groups is 2. The van der Waals surface area contributed by atoms with Gasteiger partial charge in [0.15, 0.2) is 18.3 Å². The first-order valence-corrected chi connectivity index (χ1v) is 10.2. The second-order valence-electron chi connectivity index (χ2n) is 5.56. The zero-order valence-corrected chi connectivity index (χ0v) is 16.9. The van der Waals surface area contributed by atoms with E-state index in [1.54, 1.807) is 12.3 Å². The summed E-state index contributed by atoms with van der Waals surface area (Å²) >= 11 is 1.17. The third-order valence-electron chi connectivity index (χ3n) is 3.64. The number of aromatic nitrogens is 1. The number of carbonyl (C=O) groups excluding carboxylic acids is 2. The molecule has 0 fully saturated rings. The van der Waals surface area contributed by atoms with E-state index < -0.39 is 34.3 Å². The molecule has 0 spiro atoms. The molecule has 2 rings (SSSR count). The molecule has 0 bridgehead atoms. The molecule has 1 heterocycles. The summed E-state index contributed by atoms with van der Waals surface area (Å²) in [6.45, 7) is 1.10. The fraction of sp³-hybridized carbons (Fsp3) is 0.294. The van der Waals surface area contributed by atoms with Crippen LogP contribution in [0.3, 0.4) is 0 Å². The van der Waals surface area contributed by atoms with E-state index in [0.29, 0.717) is 15.2 Å². The molecule has 28 heavy (non-hydrogen) atoms. The van der Waals surface area contributed by atoms with Gasteiger partial charge in [-0.1, -0.05) is 10.5 Å². The lowest BCUT2D eigenvalue weighted by Gasteiger charge is -2.14. The van der Waals surface area contributed by atoms with Crippen molar-refractivity contribution in [3.63, 3.8) is 0 Å². The minimum Gasteiger partial charge on any atom is -0.454 e. The number of thiazole rings is 1. The van der Waals surface area contributed by atoms with Gasteiger partial charge in [-0.3, -0.25) is 9.63 Å². The van der Waals surface area contributed by atoms with Gasteiger partial charge in [0.25, 0.3) is 10.0 Å². The molecule has 0 N–H and O–H groups in total. The number of nitriles is 1. The zero-order chi connectivity index (χ0) is 20.9. The molecule has 0 amide bonds. The van der Waals surface area contributed by atoms with Gasteiger partial charge in [0.1, 0.15) is 5.01 Å². The van der Waals surface area contributed by atoms with Crippen LogP contribution in [0.15, 0.2) is 34.5 Å². The van der Waals surface area contributed by atoms with Crippen molar-refractivity contribution >= 4 is 33.1 Å². The summed E-state index contributed by atoms with van der Waals surface area (Å²) in [5.41, 5.74) is 0.626. The largest absolute Gasteiger partial charge is 0.454 e. The van der Waals surface area contributed by atoms with Gasteiger partial charge in [0, 0.05) is 18.1 Å². The Labute approximate surface area is 166 Å². The number of esters is 1. The zero-order valence-electron chi connectivity index (χ0n) is 15.3. The molecule has 0 aliphatic heterocycles. The van der Waals surface area contributed by atoms with Crippen LogP contribution in [0, 0.1) is 18.3 Å². The summed E-state index contributed by atoms with van der Waals surface area (Å²) in [4.78, 5) is 33.0. The van der Waals surface area contributed by atoms with Crippen LogP contribution in [0.4, 0.5) is 0 Å². The highest BCUT2D eigenvalue weighted by Gasteiger charge is 2.26. The summed E-state index contributed by atoms with van der Waals surface area (Å²) in [5.74, 6) is -2.64. The number of ether oxygens (including phenoxy) is 1. The van der Waals surface area contributed by atoms with Crippen molar-refractivity contribution < 1.29 is 27.6 Å². The summed E-state index contributed by atoms with van der Waals surface area (Å²) in [6, 6.07) is 6.98. The van der Waals surface area contributed by atoms with Gasteiger partial charge in [-0.15, -0.1) is 11.3 Å². The highest BCUT2D eigenvalue weighted by Crippen LogP contribution is 2.21. The number of hydrogen-bond donors (Lipinski definition) is 0. The van der Waals surface area contributed by atoms with Gasteiger partial charge in [-0.2, -0.15) is 5.26 Å². The number of Topliss-reactive ketones (excluding diaryl/α,β-unsaturated/α-hetero) is 1. The van der Waals surface area contributed by atoms with Crippen molar-refractivity contribution in [3.05, 3.63) is 45.9 Å². The van der Waals surface area contributed by atoms with Crippen LogP contribution in [0.5, 0.6) is 0 Å². The molecule has 1 aromatic heterocycles. The molecule has 2 aromatic rings. The summed E-state index contributed by atoms with van der Waals surface area (Å²) < 4.78 is 30.1. The fourth-order valence-corrected chi connectivity index (χ4v) is 3.98. The Hall–Kier alpha value is -2.65. The fourth-order valence-electron chi connectivity index (χ4n) is 2.10. The minimum atomic E-state index is -3.94. The second-order valence-corrected chi connectivity index (χ2v) is 8.38. The average Bonchev–Trinajstić information content (AvgIpc) is 3.11. The molecule has 9 nitrogen and oxygen atoms in total. The molecule has 1 aromatic carbocycles. The van der Waals surface area contributed by atoms with Crippen LogP contribution in [0.25, 0.3) is 0 Å². The van der Waals surface area contributed by atoms with E-state index in [1.165, 1.54) is 43.7 Å². The lowest BCUT2D eigenvalue weighted by Crippen LogP contribution is -2.26. The highest BCUT2D eigenvalue weighted by molar-refractivity contribution is 7.89. The SMILES string of the molecule is CON(C)S(=O)(=O)c1cccc(C(=O)OCC(=O)[C@H](C#N)c2nc(C)cs2)c1. The Bertz CT molecular complexity index is 1030. The minimum absolute atomic E-state index is 0.0584. The van der Waals surface area contributed by atoms with Gasteiger partial charge in [-0.05, 0) is 25.1 Å². The summed E-state index contributed by atoms with van der Waals surface area (Å²) in [5, 5.41) is 11.3. The summed E-state index contributed by atoms with van der Waals surface area (Å²) in [7, 11) is -1.54. The van der Waals surface area contributed by atoms with Crippen LogP contribution in [-0.4, -0.2) is 50.4 Å². The standard InChI is InChI=1S/C17H17N3O6S2/c1-11-10-27-16(19-11)14(8-18)15(21)9-26-17(22)12-5-4-6-13(7-12)28(23,24)20(2)25-3/h4-7,10,14H,9H2,1-3H3/t14-/m0/s1. The number of aryl methyl sites for hydroxylation is 1. The quantitative estimate of drug-likeness (QED) is 0.463. The molecule has 1 atom stereocenters. The van der Waals surface area contributed by atoms with Crippen LogP contribution >= 0.6 is 11.3 Å². The Kier molecular flexibility index (Phi) is 6.98. The van der Waals surface area contributed by atoms with Crippen molar-refractivity contribution in [3.8, 4) is 6.07 Å². The molecule has 0 saturated carbocycles. The van der Waals surface area contributed by atoms with Crippen molar-refractivity contribution in [1.82, 2.24) is 9.45 Å². The van der Waals surface area contributed by atoms with Crippen LogP contribution in [-0.2, 0) is 24.4 Å². The van der Waals surface area contributed by atoms with Gasteiger partial charge in [-0.25, -0.2) is 18.2 Å². The van der Waals surface area contributed by atoms with Crippen molar-refractivity contribution in [2.75, 3.05) is 20.8 Å². The monoisotopic (exact) mass is 423 g/mol. The number of benzene rings is 1. The number of nitrogens with zero attached hydrogens (tertiary/aromatic N) is 3. The molecule has 11 heteroatoms. The van der Waals surface area contributed by atoms with E-state index in [0.717, 1.165) is 6.07 Å². The van der Waals surface area contributed by atoms with Crippen LogP contribution in [0.1, 0.15) is 27.0 Å². The molecule has 0 unspecified atom stereocenters. The third-order valence-corrected chi connectivity index (χ3v) is 6.35. The predicted molar refractivity (Wildman–Crippen MR) is 98.9 cm³/mol. The first-order chi connectivity index (χ1) is 13.2. The Morgan fingerprint density at radius 3 is 2.68 bits per heavy atom. The molecule has 0 aliphatic rings. The third kappa shape index (κ3) is 4.79. The van der Waals surface area contributed by atoms with Crippen LogP contribution < -0.4 is 0 Å². The second kappa shape index (κ2) is 9.03. The van der Waals surface area contributed by atoms with Gasteiger partial charge >= 0.3 is 5.97 Å². The number of hydrogen-bond acceptors (Lipinski definition) is 9. The molecular formula is C17H17N3O6S2. The van der Waals surface area contributed by atoms with Gasteiger partial charge in [0.2, 0.25) is 0 Å². The molecule has 0 saturated heterocycles. The first kappa shape index (κ1) is 21.6. The Balaban J connectivity index is 2.10. The lowest BCUT2D eigenvalue weighted by atomic mass is 10.1. The molecular weight excluding hydrogens is 406 g/mol. The first-order valence-electron chi connectivity index (χ1n) is 7.85. The maximum Gasteiger partial charge on any atom is 0.338 e. The number of rotatable bonds is 8. The van der Waals surface area contributed by atoms with E-state index >= 15 is 0 Å². The van der Waals surface area contributed by atoms with Crippen molar-refractivity contribution in [2.24, 2.45) is 0 Å². The van der Waals surface area contributed by atoms with E-state index in [1.807, 2.05) is 6.07 Å². The smallest absolute Gasteiger partial charge is 0.338 e. The molecule has 148 valence electrons. The topological polar surface area (TPSA) is 127 Å². The van der Waals surface area contributed by atoms with Crippen molar-refractivity contribution in [2.45, 2.75) is 17.7 Å². The van der Waals surface area contributed by atoms with E-state index in [-0.39, 0.29) is 10.5 Å². The normalized spacial score (nSPS) is 12.4. The van der Waals surface area contributed by atoms with Gasteiger partial charge in [0.05, 0.1) is 23.6 Å². The maximum atomic E-state index is 12.2. The number of hydroxylamine groups is 1. The van der Waals surface area contributed by atoms with Crippen molar-refractivity contribution in [1.29, 1.82) is 5.26 Å². The lowest BCUT2D eigenvalue weighted by molar-refractivity contribution is -0.122.